The fraction of sp³-hybridized carbons (Fsp3) is 0.400. The fourth-order valence-corrected chi connectivity index (χ4v) is 3.03. The van der Waals surface area contributed by atoms with Crippen molar-refractivity contribution in [2.45, 2.75) is 19.9 Å². The van der Waals surface area contributed by atoms with Gasteiger partial charge in [-0.25, -0.2) is 0 Å². The van der Waals surface area contributed by atoms with Gasteiger partial charge in [-0.15, -0.1) is 11.3 Å². The Kier molecular flexibility index (Phi) is 3.71. The van der Waals surface area contributed by atoms with Crippen molar-refractivity contribution in [2.75, 3.05) is 7.05 Å². The Morgan fingerprint density at radius 2 is 2.31 bits per heavy atom. The highest BCUT2D eigenvalue weighted by Gasteiger charge is 2.13. The zero-order chi connectivity index (χ0) is 10.0. The van der Waals surface area contributed by atoms with Gasteiger partial charge in [0.2, 0.25) is 0 Å². The predicted octanol–water partition coefficient (Wildman–Crippen LogP) is 3.66. The summed E-state index contributed by atoms with van der Waals surface area (Å²) in [5.74, 6) is 0. The Labute approximate surface area is 92.0 Å². The van der Waals surface area contributed by atoms with E-state index in [2.05, 4.69) is 40.8 Å². The van der Waals surface area contributed by atoms with E-state index in [0.29, 0.717) is 0 Å². The van der Waals surface area contributed by atoms with Crippen LogP contribution in [-0.4, -0.2) is 7.05 Å². The zero-order valence-corrected chi connectivity index (χ0v) is 10.6. The van der Waals surface area contributed by atoms with Gasteiger partial charge in [0.15, 0.2) is 0 Å². The number of nitrogens with one attached hydrogen (secondary N) is 1. The molecule has 1 unspecified atom stereocenters. The lowest BCUT2D eigenvalue weighted by Gasteiger charge is -2.13. The predicted molar refractivity (Wildman–Crippen MR) is 63.4 cm³/mol. The summed E-state index contributed by atoms with van der Waals surface area (Å²) in [6, 6.07) is 2.49. The SMILES string of the molecule is C=C(C)C(NC)c1cc(C)c(Br)s1. The number of aryl methyl sites for hydroxylation is 1. The summed E-state index contributed by atoms with van der Waals surface area (Å²) in [6.45, 7) is 8.12. The van der Waals surface area contributed by atoms with Gasteiger partial charge in [0.05, 0.1) is 9.83 Å². The molecule has 0 radical (unpaired) electrons. The Morgan fingerprint density at radius 3 is 2.62 bits per heavy atom. The molecule has 3 heteroatoms. The minimum absolute atomic E-state index is 0.287. The van der Waals surface area contributed by atoms with Crippen LogP contribution in [0.2, 0.25) is 0 Å². The van der Waals surface area contributed by atoms with Gasteiger partial charge in [-0.1, -0.05) is 12.2 Å². The van der Waals surface area contributed by atoms with Gasteiger partial charge < -0.3 is 5.32 Å². The maximum absolute atomic E-state index is 3.97. The van der Waals surface area contributed by atoms with Crippen LogP contribution in [0.1, 0.15) is 23.4 Å². The second-order valence-electron chi connectivity index (χ2n) is 3.17. The Morgan fingerprint density at radius 1 is 1.69 bits per heavy atom. The van der Waals surface area contributed by atoms with Crippen molar-refractivity contribution in [1.29, 1.82) is 0 Å². The van der Waals surface area contributed by atoms with Crippen molar-refractivity contribution in [3.63, 3.8) is 0 Å². The third kappa shape index (κ3) is 2.42. The van der Waals surface area contributed by atoms with Gasteiger partial charge in [0.25, 0.3) is 0 Å². The maximum Gasteiger partial charge on any atom is 0.0731 e. The van der Waals surface area contributed by atoms with Crippen molar-refractivity contribution in [3.05, 3.63) is 32.4 Å². The lowest BCUT2D eigenvalue weighted by atomic mass is 10.1. The average molecular weight is 260 g/mol. The molecule has 1 aromatic heterocycles. The molecular formula is C10H14BrNS. The largest absolute Gasteiger partial charge is 0.309 e. The molecule has 1 nitrogen and oxygen atoms in total. The van der Waals surface area contributed by atoms with Crippen molar-refractivity contribution in [2.24, 2.45) is 0 Å². The molecule has 0 saturated carbocycles. The van der Waals surface area contributed by atoms with Gasteiger partial charge in [-0.3, -0.25) is 0 Å². The summed E-state index contributed by atoms with van der Waals surface area (Å²) in [5.41, 5.74) is 2.44. The summed E-state index contributed by atoms with van der Waals surface area (Å²) >= 11 is 5.29. The van der Waals surface area contributed by atoms with E-state index < -0.39 is 0 Å². The highest BCUT2D eigenvalue weighted by Crippen LogP contribution is 2.33. The summed E-state index contributed by atoms with van der Waals surface area (Å²) in [6.07, 6.45) is 0. The summed E-state index contributed by atoms with van der Waals surface area (Å²) in [7, 11) is 1.96. The second kappa shape index (κ2) is 4.40. The minimum Gasteiger partial charge on any atom is -0.309 e. The van der Waals surface area contributed by atoms with Crippen LogP contribution in [0, 0.1) is 6.92 Å². The van der Waals surface area contributed by atoms with E-state index in [-0.39, 0.29) is 6.04 Å². The Hall–Kier alpha value is -0.120. The monoisotopic (exact) mass is 259 g/mol. The van der Waals surface area contributed by atoms with Crippen molar-refractivity contribution in [3.8, 4) is 0 Å². The maximum atomic E-state index is 3.97. The topological polar surface area (TPSA) is 12.0 Å². The van der Waals surface area contributed by atoms with Crippen LogP contribution in [0.4, 0.5) is 0 Å². The number of thiophene rings is 1. The third-order valence-corrected chi connectivity index (χ3v) is 4.14. The van der Waals surface area contributed by atoms with Crippen LogP contribution in [0.3, 0.4) is 0 Å². The minimum atomic E-state index is 0.287. The quantitative estimate of drug-likeness (QED) is 0.818. The molecule has 0 amide bonds. The molecule has 0 fully saturated rings. The standard InChI is InChI=1S/C10H14BrNS/c1-6(2)9(12-4)8-5-7(3)10(11)13-8/h5,9,12H,1H2,2-4H3. The number of hydrogen-bond donors (Lipinski definition) is 1. The number of halogens is 1. The lowest BCUT2D eigenvalue weighted by molar-refractivity contribution is 0.691. The molecule has 0 spiro atoms. The van der Waals surface area contributed by atoms with Crippen LogP contribution >= 0.6 is 27.3 Å². The van der Waals surface area contributed by atoms with E-state index in [4.69, 9.17) is 0 Å². The summed E-state index contributed by atoms with van der Waals surface area (Å²) in [4.78, 5) is 1.32. The molecule has 0 aliphatic carbocycles. The zero-order valence-electron chi connectivity index (χ0n) is 8.15. The Bertz CT molecular complexity index is 297. The summed E-state index contributed by atoms with van der Waals surface area (Å²) < 4.78 is 1.21. The van der Waals surface area contributed by atoms with Crippen molar-refractivity contribution < 1.29 is 0 Å². The van der Waals surface area contributed by atoms with Gasteiger partial charge in [-0.05, 0) is 48.5 Å². The average Bonchev–Trinajstić information content (AvgIpc) is 2.32. The summed E-state index contributed by atoms with van der Waals surface area (Å²) in [5, 5.41) is 3.25. The molecule has 72 valence electrons. The van der Waals surface area contributed by atoms with Gasteiger partial charge in [-0.2, -0.15) is 0 Å². The molecule has 0 aromatic carbocycles. The van der Waals surface area contributed by atoms with Gasteiger partial charge in [0, 0.05) is 4.88 Å². The van der Waals surface area contributed by atoms with Crippen LogP contribution in [0.5, 0.6) is 0 Å². The number of hydrogen-bond acceptors (Lipinski definition) is 2. The van der Waals surface area contributed by atoms with E-state index >= 15 is 0 Å². The highest BCUT2D eigenvalue weighted by atomic mass is 79.9. The molecule has 0 aliphatic heterocycles. The molecule has 1 N–H and O–H groups in total. The number of likely N-dealkylation sites (N-methyl/N-ethyl adjacent to an activating group) is 1. The molecule has 0 aliphatic rings. The van der Waals surface area contributed by atoms with E-state index in [1.165, 1.54) is 14.2 Å². The van der Waals surface area contributed by atoms with E-state index in [1.54, 1.807) is 11.3 Å². The molecule has 1 heterocycles. The Balaban J connectivity index is 2.98. The van der Waals surface area contributed by atoms with Crippen molar-refractivity contribution >= 4 is 27.3 Å². The van der Waals surface area contributed by atoms with Crippen LogP contribution in [0.15, 0.2) is 22.0 Å². The molecule has 0 bridgehead atoms. The van der Waals surface area contributed by atoms with Gasteiger partial charge >= 0.3 is 0 Å². The first-order chi connectivity index (χ1) is 6.06. The van der Waals surface area contributed by atoms with E-state index in [9.17, 15) is 0 Å². The van der Waals surface area contributed by atoms with Crippen LogP contribution < -0.4 is 5.32 Å². The normalized spacial score (nSPS) is 12.9. The lowest BCUT2D eigenvalue weighted by Crippen LogP contribution is -2.15. The van der Waals surface area contributed by atoms with E-state index in [0.717, 1.165) is 5.57 Å². The van der Waals surface area contributed by atoms with Crippen molar-refractivity contribution in [1.82, 2.24) is 5.32 Å². The third-order valence-electron chi connectivity index (χ3n) is 1.94. The van der Waals surface area contributed by atoms with Crippen LogP contribution in [0.25, 0.3) is 0 Å². The van der Waals surface area contributed by atoms with Crippen LogP contribution in [-0.2, 0) is 0 Å². The van der Waals surface area contributed by atoms with E-state index in [1.807, 2.05) is 14.0 Å². The molecule has 0 saturated heterocycles. The first-order valence-corrected chi connectivity index (χ1v) is 5.75. The molecular weight excluding hydrogens is 246 g/mol. The smallest absolute Gasteiger partial charge is 0.0731 e. The first-order valence-electron chi connectivity index (χ1n) is 4.14. The second-order valence-corrected chi connectivity index (χ2v) is 5.58. The molecule has 1 aromatic rings. The number of rotatable bonds is 3. The molecule has 1 atom stereocenters. The highest BCUT2D eigenvalue weighted by molar-refractivity contribution is 9.11. The molecule has 13 heavy (non-hydrogen) atoms. The molecule has 1 rings (SSSR count). The van der Waals surface area contributed by atoms with Gasteiger partial charge in [0.1, 0.15) is 0 Å². The first kappa shape index (κ1) is 11.0. The fourth-order valence-electron chi connectivity index (χ4n) is 1.26.